The molecule has 2 aromatic carbocycles. The van der Waals surface area contributed by atoms with Gasteiger partial charge in [-0.2, -0.15) is 0 Å². The van der Waals surface area contributed by atoms with Gasteiger partial charge in [0.25, 0.3) is 5.56 Å². The number of sulfonamides is 1. The number of aromatic nitrogens is 2. The van der Waals surface area contributed by atoms with E-state index in [1.807, 2.05) is 13.8 Å². The summed E-state index contributed by atoms with van der Waals surface area (Å²) in [7, 11) is -3.91. The molecule has 0 aliphatic rings. The SMILES string of the molecule is Cc1ccc(NC(=O)CSc2nc3cc(Cl)ccc3c(=O)n2C(C)C)cc1S(N)(=O)=O. The number of hydrogen-bond donors (Lipinski definition) is 2. The van der Waals surface area contributed by atoms with Gasteiger partial charge in [0.05, 0.1) is 21.6 Å². The topological polar surface area (TPSA) is 124 Å². The van der Waals surface area contributed by atoms with E-state index in [4.69, 9.17) is 16.7 Å². The van der Waals surface area contributed by atoms with Gasteiger partial charge in [0.1, 0.15) is 0 Å². The predicted molar refractivity (Wildman–Crippen MR) is 123 cm³/mol. The molecule has 3 aromatic rings. The first-order chi connectivity index (χ1) is 14.5. The van der Waals surface area contributed by atoms with Gasteiger partial charge in [0.2, 0.25) is 15.9 Å². The number of thioether (sulfide) groups is 1. The summed E-state index contributed by atoms with van der Waals surface area (Å²) in [6, 6.07) is 9.17. The third-order valence-electron chi connectivity index (χ3n) is 4.46. The third kappa shape index (κ3) is 5.27. The molecule has 0 aliphatic heterocycles. The number of nitrogens with two attached hydrogens (primary N) is 1. The van der Waals surface area contributed by atoms with E-state index in [0.717, 1.165) is 11.8 Å². The largest absolute Gasteiger partial charge is 0.325 e. The molecule has 0 fully saturated rings. The Morgan fingerprint density at radius 2 is 1.97 bits per heavy atom. The van der Waals surface area contributed by atoms with Crippen LogP contribution < -0.4 is 16.0 Å². The minimum Gasteiger partial charge on any atom is -0.325 e. The summed E-state index contributed by atoms with van der Waals surface area (Å²) in [4.78, 5) is 29.8. The number of rotatable bonds is 6. The number of halogens is 1. The van der Waals surface area contributed by atoms with Crippen molar-refractivity contribution in [2.75, 3.05) is 11.1 Å². The monoisotopic (exact) mass is 480 g/mol. The molecule has 0 bridgehead atoms. The molecular weight excluding hydrogens is 460 g/mol. The third-order valence-corrected chi connectivity index (χ3v) is 6.70. The van der Waals surface area contributed by atoms with E-state index in [2.05, 4.69) is 10.3 Å². The van der Waals surface area contributed by atoms with Gasteiger partial charge in [-0.1, -0.05) is 29.4 Å². The van der Waals surface area contributed by atoms with Crippen LogP contribution in [0.1, 0.15) is 25.5 Å². The Bertz CT molecular complexity index is 1340. The van der Waals surface area contributed by atoms with Crippen LogP contribution in [0.15, 0.2) is 51.2 Å². The number of amides is 1. The zero-order valence-electron chi connectivity index (χ0n) is 17.0. The highest BCUT2D eigenvalue weighted by molar-refractivity contribution is 7.99. The lowest BCUT2D eigenvalue weighted by molar-refractivity contribution is -0.113. The van der Waals surface area contributed by atoms with Gasteiger partial charge < -0.3 is 5.32 Å². The van der Waals surface area contributed by atoms with E-state index in [9.17, 15) is 18.0 Å². The van der Waals surface area contributed by atoms with Crippen LogP contribution in [0.25, 0.3) is 10.9 Å². The number of hydrogen-bond acceptors (Lipinski definition) is 6. The number of aryl methyl sites for hydroxylation is 1. The molecular formula is C20H21ClN4O4S2. The quantitative estimate of drug-likeness (QED) is 0.412. The number of benzene rings is 2. The molecule has 0 aliphatic carbocycles. The fourth-order valence-electron chi connectivity index (χ4n) is 3.02. The highest BCUT2D eigenvalue weighted by Gasteiger charge is 2.17. The summed E-state index contributed by atoms with van der Waals surface area (Å²) in [5, 5.41) is 9.15. The fraction of sp³-hybridized carbons (Fsp3) is 0.250. The first-order valence-electron chi connectivity index (χ1n) is 9.25. The summed E-state index contributed by atoms with van der Waals surface area (Å²) in [6.45, 7) is 5.33. The first kappa shape index (κ1) is 23.3. The summed E-state index contributed by atoms with van der Waals surface area (Å²) < 4.78 is 24.9. The first-order valence-corrected chi connectivity index (χ1v) is 12.2. The van der Waals surface area contributed by atoms with E-state index in [0.29, 0.717) is 32.3 Å². The molecule has 0 radical (unpaired) electrons. The average molecular weight is 481 g/mol. The predicted octanol–water partition coefficient (Wildman–Crippen LogP) is 3.32. The number of carbonyl (C=O) groups is 1. The van der Waals surface area contributed by atoms with E-state index in [-0.39, 0.29) is 28.2 Å². The molecule has 1 amide bonds. The molecule has 8 nitrogen and oxygen atoms in total. The Balaban J connectivity index is 1.85. The summed E-state index contributed by atoms with van der Waals surface area (Å²) >= 11 is 7.13. The number of nitrogens with zero attached hydrogens (tertiary/aromatic N) is 2. The lowest BCUT2D eigenvalue weighted by Gasteiger charge is -2.16. The minimum atomic E-state index is -3.91. The van der Waals surface area contributed by atoms with Crippen LogP contribution in [-0.2, 0) is 14.8 Å². The Kier molecular flexibility index (Phi) is 6.75. The van der Waals surface area contributed by atoms with Gasteiger partial charge in [0, 0.05) is 16.8 Å². The normalized spacial score (nSPS) is 11.8. The molecule has 0 atom stereocenters. The van der Waals surface area contributed by atoms with Gasteiger partial charge in [-0.05, 0) is 56.7 Å². The maximum absolute atomic E-state index is 12.9. The second kappa shape index (κ2) is 8.99. The Labute approximate surface area is 188 Å². The number of carbonyl (C=O) groups excluding carboxylic acids is 1. The molecule has 0 unspecified atom stereocenters. The zero-order valence-corrected chi connectivity index (χ0v) is 19.4. The van der Waals surface area contributed by atoms with Crippen LogP contribution in [-0.4, -0.2) is 29.6 Å². The summed E-state index contributed by atoms with van der Waals surface area (Å²) in [6.07, 6.45) is 0. The Morgan fingerprint density at radius 1 is 1.26 bits per heavy atom. The van der Waals surface area contributed by atoms with Crippen molar-refractivity contribution < 1.29 is 13.2 Å². The van der Waals surface area contributed by atoms with Crippen LogP contribution >= 0.6 is 23.4 Å². The minimum absolute atomic E-state index is 0.0379. The van der Waals surface area contributed by atoms with E-state index < -0.39 is 10.0 Å². The van der Waals surface area contributed by atoms with Crippen LogP contribution in [0.2, 0.25) is 5.02 Å². The van der Waals surface area contributed by atoms with Crippen molar-refractivity contribution in [1.82, 2.24) is 9.55 Å². The van der Waals surface area contributed by atoms with Crippen molar-refractivity contribution in [3.63, 3.8) is 0 Å². The molecule has 1 aromatic heterocycles. The number of nitrogens with one attached hydrogen (secondary N) is 1. The molecule has 164 valence electrons. The van der Waals surface area contributed by atoms with E-state index in [1.54, 1.807) is 37.3 Å². The number of fused-ring (bicyclic) bond motifs is 1. The molecule has 3 rings (SSSR count). The smallest absolute Gasteiger partial charge is 0.262 e. The van der Waals surface area contributed by atoms with Gasteiger partial charge in [-0.3, -0.25) is 14.2 Å². The van der Waals surface area contributed by atoms with E-state index >= 15 is 0 Å². The number of primary sulfonamides is 1. The van der Waals surface area contributed by atoms with Crippen LogP contribution in [0.5, 0.6) is 0 Å². The van der Waals surface area contributed by atoms with Crippen molar-refractivity contribution in [3.05, 3.63) is 57.3 Å². The summed E-state index contributed by atoms with van der Waals surface area (Å²) in [5.74, 6) is -0.422. The highest BCUT2D eigenvalue weighted by Crippen LogP contribution is 2.24. The molecule has 0 saturated carbocycles. The molecule has 11 heteroatoms. The van der Waals surface area contributed by atoms with Gasteiger partial charge in [0.15, 0.2) is 5.16 Å². The average Bonchev–Trinajstić information content (AvgIpc) is 2.66. The van der Waals surface area contributed by atoms with Crippen LogP contribution in [0, 0.1) is 6.92 Å². The van der Waals surface area contributed by atoms with E-state index in [1.165, 1.54) is 10.6 Å². The lowest BCUT2D eigenvalue weighted by atomic mass is 10.2. The second-order valence-corrected chi connectivity index (χ2v) is 10.1. The fourth-order valence-corrected chi connectivity index (χ4v) is 4.92. The maximum Gasteiger partial charge on any atom is 0.262 e. The van der Waals surface area contributed by atoms with Crippen molar-refractivity contribution in [2.24, 2.45) is 5.14 Å². The van der Waals surface area contributed by atoms with Crippen molar-refractivity contribution >= 4 is 55.9 Å². The zero-order chi connectivity index (χ0) is 22.9. The molecule has 0 spiro atoms. The van der Waals surface area contributed by atoms with Crippen LogP contribution in [0.3, 0.4) is 0 Å². The number of anilines is 1. The Morgan fingerprint density at radius 3 is 2.61 bits per heavy atom. The molecule has 1 heterocycles. The highest BCUT2D eigenvalue weighted by atomic mass is 35.5. The maximum atomic E-state index is 12.9. The molecule has 0 saturated heterocycles. The van der Waals surface area contributed by atoms with Gasteiger partial charge in [-0.25, -0.2) is 18.5 Å². The van der Waals surface area contributed by atoms with Gasteiger partial charge in [-0.15, -0.1) is 0 Å². The van der Waals surface area contributed by atoms with Crippen LogP contribution in [0.4, 0.5) is 5.69 Å². The van der Waals surface area contributed by atoms with Crippen molar-refractivity contribution in [1.29, 1.82) is 0 Å². The molecule has 31 heavy (non-hydrogen) atoms. The second-order valence-electron chi connectivity index (χ2n) is 7.19. The van der Waals surface area contributed by atoms with Crippen molar-refractivity contribution in [3.8, 4) is 0 Å². The molecule has 3 N–H and O–H groups in total. The summed E-state index contributed by atoms with van der Waals surface area (Å²) in [5.41, 5.74) is 1.03. The van der Waals surface area contributed by atoms with Crippen molar-refractivity contribution in [2.45, 2.75) is 36.9 Å². The lowest BCUT2D eigenvalue weighted by Crippen LogP contribution is -2.25. The van der Waals surface area contributed by atoms with Gasteiger partial charge >= 0.3 is 0 Å². The standard InChI is InChI=1S/C20H21ClN4O4S2/c1-11(2)25-19(27)15-7-5-13(21)8-16(15)24-20(25)30-10-18(26)23-14-6-4-12(3)17(9-14)31(22,28)29/h4-9,11H,10H2,1-3H3,(H,23,26)(H2,22,28,29). The Hall–Kier alpha value is -2.40.